The number of nitrogens with one attached hydrogen (secondary N) is 1. The van der Waals surface area contributed by atoms with Crippen molar-refractivity contribution in [3.05, 3.63) is 32.9 Å². The SMILES string of the molecule is [2H][C@@]1(n2cc(F)c(=O)[nH]c2=O)O[C@](F)(COP(=O)(O)OP(=O)(O)O)[C@@H](O)[C@H]1O. The second-order valence-electron chi connectivity index (χ2n) is 5.04. The standard InChI is InChI=1S/C9H12F2N2O12P2/c10-3-1-13(8(17)12-6(3)16)7-4(14)5(15)9(11,24-7)2-23-27(21,22)25-26(18,19)20/h1,4-5,7,14-15H,2H2,(H,21,22)(H,12,16,17)(H2,18,19,20)/t4-,5+,7-,9-/m1/s1/i7D. The highest BCUT2D eigenvalue weighted by molar-refractivity contribution is 7.60. The molecule has 0 spiro atoms. The zero-order chi connectivity index (χ0) is 21.7. The van der Waals surface area contributed by atoms with Gasteiger partial charge in [-0.3, -0.25) is 18.9 Å². The van der Waals surface area contributed by atoms with Gasteiger partial charge in [-0.15, -0.1) is 0 Å². The minimum atomic E-state index is -5.61. The first-order valence-electron chi connectivity index (χ1n) is 7.02. The van der Waals surface area contributed by atoms with E-state index in [4.69, 9.17) is 16.1 Å². The lowest BCUT2D eigenvalue weighted by molar-refractivity contribution is -0.205. The molecule has 14 nitrogen and oxygen atoms in total. The molecular formula is C9H12F2N2O12P2. The predicted molar refractivity (Wildman–Crippen MR) is 76.2 cm³/mol. The average Bonchev–Trinajstić information content (AvgIpc) is 2.69. The highest BCUT2D eigenvalue weighted by atomic mass is 31.3. The molecule has 1 fully saturated rings. The Bertz CT molecular complexity index is 981. The molecule has 0 radical (unpaired) electrons. The monoisotopic (exact) mass is 441 g/mol. The van der Waals surface area contributed by atoms with Crippen molar-refractivity contribution in [1.29, 1.82) is 0 Å². The molecule has 0 bridgehead atoms. The van der Waals surface area contributed by atoms with E-state index in [0.29, 0.717) is 0 Å². The lowest BCUT2D eigenvalue weighted by Gasteiger charge is -2.23. The van der Waals surface area contributed by atoms with Crippen LogP contribution in [0.1, 0.15) is 7.57 Å². The van der Waals surface area contributed by atoms with Gasteiger partial charge in [0.15, 0.2) is 6.20 Å². The van der Waals surface area contributed by atoms with Crippen molar-refractivity contribution in [1.82, 2.24) is 9.55 Å². The highest BCUT2D eigenvalue weighted by Gasteiger charge is 2.57. The zero-order valence-corrected chi connectivity index (χ0v) is 14.4. The summed E-state index contributed by atoms with van der Waals surface area (Å²) in [7, 11) is -11.2. The number of hydrogen-bond donors (Lipinski definition) is 6. The molecule has 0 amide bonds. The normalized spacial score (nSPS) is 34.3. The summed E-state index contributed by atoms with van der Waals surface area (Å²) in [6, 6.07) is 0. The maximum absolute atomic E-state index is 14.8. The molecule has 2 heterocycles. The van der Waals surface area contributed by atoms with Crippen molar-refractivity contribution < 1.29 is 57.7 Å². The Morgan fingerprint density at radius 2 is 1.96 bits per heavy atom. The van der Waals surface area contributed by atoms with Crippen molar-refractivity contribution in [3.63, 3.8) is 0 Å². The fourth-order valence-electron chi connectivity index (χ4n) is 1.91. The number of hydrogen-bond acceptors (Lipinski definition) is 9. The molecule has 0 aromatic carbocycles. The number of halogens is 2. The first-order chi connectivity index (χ1) is 12.5. The molecule has 27 heavy (non-hydrogen) atoms. The van der Waals surface area contributed by atoms with E-state index in [-0.39, 0.29) is 10.8 Å². The van der Waals surface area contributed by atoms with Gasteiger partial charge in [0.1, 0.15) is 18.8 Å². The zero-order valence-electron chi connectivity index (χ0n) is 13.6. The van der Waals surface area contributed by atoms with Crippen molar-refractivity contribution in [2.75, 3.05) is 6.61 Å². The van der Waals surface area contributed by atoms with Gasteiger partial charge in [-0.05, 0) is 0 Å². The lowest BCUT2D eigenvalue weighted by atomic mass is 10.1. The third-order valence-electron chi connectivity index (χ3n) is 3.04. The molecule has 0 aliphatic carbocycles. The molecule has 1 aromatic heterocycles. The Morgan fingerprint density at radius 3 is 2.52 bits per heavy atom. The van der Waals surface area contributed by atoms with Crippen LogP contribution in [0, 0.1) is 5.82 Å². The first kappa shape index (κ1) is 20.4. The summed E-state index contributed by atoms with van der Waals surface area (Å²) in [4.78, 5) is 50.1. The second-order valence-corrected chi connectivity index (χ2v) is 7.87. The number of nitrogens with zero attached hydrogens (tertiary/aromatic N) is 1. The quantitative estimate of drug-likeness (QED) is 0.260. The minimum Gasteiger partial charge on any atom is -0.385 e. The molecule has 18 heteroatoms. The van der Waals surface area contributed by atoms with Crippen LogP contribution in [-0.4, -0.2) is 59.1 Å². The smallest absolute Gasteiger partial charge is 0.385 e. The number of phosphoric acid groups is 2. The molecule has 0 saturated carbocycles. The van der Waals surface area contributed by atoms with E-state index < -0.39 is 63.6 Å². The highest BCUT2D eigenvalue weighted by Crippen LogP contribution is 2.58. The van der Waals surface area contributed by atoms with Gasteiger partial charge in [0.25, 0.3) is 11.4 Å². The van der Waals surface area contributed by atoms with Crippen LogP contribution in [0.2, 0.25) is 0 Å². The van der Waals surface area contributed by atoms with Gasteiger partial charge in [-0.25, -0.2) is 18.3 Å². The van der Waals surface area contributed by atoms with Crippen LogP contribution in [0.25, 0.3) is 0 Å². The van der Waals surface area contributed by atoms with E-state index in [1.165, 1.54) is 4.98 Å². The van der Waals surface area contributed by atoms with Gasteiger partial charge in [-0.2, -0.15) is 8.70 Å². The van der Waals surface area contributed by atoms with E-state index >= 15 is 0 Å². The number of ether oxygens (including phenoxy) is 1. The third kappa shape index (κ3) is 4.94. The van der Waals surface area contributed by atoms with E-state index in [1.54, 1.807) is 0 Å². The molecule has 154 valence electrons. The molecule has 1 aliphatic heterocycles. The Labute approximate surface area is 147 Å². The number of aliphatic hydroxyl groups is 2. The summed E-state index contributed by atoms with van der Waals surface area (Å²) in [5.41, 5.74) is -3.06. The van der Waals surface area contributed by atoms with Crippen molar-refractivity contribution in [2.24, 2.45) is 0 Å². The summed E-state index contributed by atoms with van der Waals surface area (Å²) in [5, 5.41) is 19.6. The molecule has 1 aliphatic rings. The van der Waals surface area contributed by atoms with Gasteiger partial charge in [0.05, 0.1) is 7.57 Å². The summed E-state index contributed by atoms with van der Waals surface area (Å²) < 4.78 is 69.5. The van der Waals surface area contributed by atoms with Gasteiger partial charge in [0, 0.05) is 0 Å². The number of alkyl halides is 1. The number of rotatable bonds is 6. The molecule has 2 rings (SSSR count). The van der Waals surface area contributed by atoms with Gasteiger partial charge in [0.2, 0.25) is 5.82 Å². The summed E-state index contributed by atoms with van der Waals surface area (Å²) in [6.07, 6.45) is -8.60. The number of H-pyrrole nitrogens is 1. The van der Waals surface area contributed by atoms with E-state index in [1.807, 2.05) is 0 Å². The predicted octanol–water partition coefficient (Wildman–Crippen LogP) is -2.18. The summed E-state index contributed by atoms with van der Waals surface area (Å²) >= 11 is 0. The first-order valence-corrected chi connectivity index (χ1v) is 9.55. The van der Waals surface area contributed by atoms with Crippen LogP contribution < -0.4 is 11.2 Å². The van der Waals surface area contributed by atoms with E-state index in [0.717, 1.165) is 0 Å². The van der Waals surface area contributed by atoms with E-state index in [9.17, 15) is 37.7 Å². The van der Waals surface area contributed by atoms with Crippen molar-refractivity contribution in [3.8, 4) is 0 Å². The van der Waals surface area contributed by atoms with Crippen LogP contribution in [0.5, 0.6) is 0 Å². The Kier molecular flexibility index (Phi) is 5.48. The number of phosphoric ester groups is 1. The topological polar surface area (TPSA) is 218 Å². The van der Waals surface area contributed by atoms with Crippen LogP contribution in [0.4, 0.5) is 8.78 Å². The molecule has 6 N–H and O–H groups in total. The van der Waals surface area contributed by atoms with Crippen LogP contribution in [-0.2, 0) is 22.7 Å². The summed E-state index contributed by atoms with van der Waals surface area (Å²) in [6.45, 7) is -1.83. The molecule has 1 saturated heterocycles. The summed E-state index contributed by atoms with van der Waals surface area (Å²) in [5.74, 6) is -5.36. The van der Waals surface area contributed by atoms with Crippen molar-refractivity contribution in [2.45, 2.75) is 24.3 Å². The van der Waals surface area contributed by atoms with Gasteiger partial charge < -0.3 is 29.6 Å². The van der Waals surface area contributed by atoms with Crippen molar-refractivity contribution >= 4 is 15.6 Å². The minimum absolute atomic E-state index is 0.0739. The van der Waals surface area contributed by atoms with Crippen LogP contribution in [0.3, 0.4) is 0 Å². The fraction of sp³-hybridized carbons (Fsp3) is 0.556. The molecular weight excluding hydrogens is 428 g/mol. The molecule has 5 atom stereocenters. The van der Waals surface area contributed by atoms with Crippen LogP contribution in [0.15, 0.2) is 15.8 Å². The maximum Gasteiger partial charge on any atom is 0.481 e. The third-order valence-corrected chi connectivity index (χ3v) is 5.17. The Balaban J connectivity index is 2.34. The largest absolute Gasteiger partial charge is 0.481 e. The Hall–Kier alpha value is -1.32. The fourth-order valence-corrected chi connectivity index (χ4v) is 3.51. The number of aromatic amines is 1. The van der Waals surface area contributed by atoms with Gasteiger partial charge >= 0.3 is 21.3 Å². The maximum atomic E-state index is 14.8. The Morgan fingerprint density at radius 1 is 1.37 bits per heavy atom. The average molecular weight is 441 g/mol. The number of aliphatic hydroxyl groups excluding tert-OH is 2. The van der Waals surface area contributed by atoms with Gasteiger partial charge in [-0.1, -0.05) is 0 Å². The molecule has 1 aromatic rings. The van der Waals surface area contributed by atoms with Crippen LogP contribution >= 0.6 is 15.6 Å². The second kappa shape index (κ2) is 7.25. The van der Waals surface area contributed by atoms with E-state index in [2.05, 4.69) is 13.6 Å². The number of aromatic nitrogens is 2. The lowest BCUT2D eigenvalue weighted by Crippen LogP contribution is -2.43. The molecule has 1 unspecified atom stereocenters.